The lowest BCUT2D eigenvalue weighted by Crippen LogP contribution is -2.44. The summed E-state index contributed by atoms with van der Waals surface area (Å²) in [7, 11) is 1.61. The van der Waals surface area contributed by atoms with E-state index < -0.39 is 0 Å². The monoisotopic (exact) mass is 424 g/mol. The zero-order valence-corrected chi connectivity index (χ0v) is 17.8. The first-order valence-electron chi connectivity index (χ1n) is 11.0. The fourth-order valence-corrected chi connectivity index (χ4v) is 4.60. The van der Waals surface area contributed by atoms with Gasteiger partial charge in [0.1, 0.15) is 18.5 Å². The first-order chi connectivity index (χ1) is 15.2. The van der Waals surface area contributed by atoms with Gasteiger partial charge in [0.15, 0.2) is 17.1 Å². The van der Waals surface area contributed by atoms with Gasteiger partial charge in [-0.1, -0.05) is 12.1 Å². The fraction of sp³-hybridized carbons (Fsp3) is 0.458. The minimum Gasteiger partial charge on any atom is -0.497 e. The molecule has 2 aliphatic rings. The molecule has 0 N–H and O–H groups in total. The van der Waals surface area contributed by atoms with E-state index >= 15 is 0 Å². The summed E-state index contributed by atoms with van der Waals surface area (Å²) in [4.78, 5) is 14.8. The Hall–Kier alpha value is -2.93. The van der Waals surface area contributed by atoms with Gasteiger partial charge in [-0.05, 0) is 62.5 Å². The van der Waals surface area contributed by atoms with Gasteiger partial charge in [-0.15, -0.1) is 0 Å². The molecule has 3 aromatic rings. The molecule has 5 rings (SSSR count). The second-order valence-corrected chi connectivity index (χ2v) is 8.38. The van der Waals surface area contributed by atoms with Crippen LogP contribution in [0.5, 0.6) is 17.2 Å². The Balaban J connectivity index is 1.12. The summed E-state index contributed by atoms with van der Waals surface area (Å²) >= 11 is 0. The molecule has 2 aliphatic heterocycles. The van der Waals surface area contributed by atoms with E-state index in [1.807, 2.05) is 36.4 Å². The van der Waals surface area contributed by atoms with E-state index in [9.17, 15) is 4.79 Å². The predicted molar refractivity (Wildman–Crippen MR) is 117 cm³/mol. The number of aryl methyl sites for hydroxylation is 1. The summed E-state index contributed by atoms with van der Waals surface area (Å²) in [6.45, 7) is 4.25. The van der Waals surface area contributed by atoms with Crippen molar-refractivity contribution >= 4 is 11.1 Å². The van der Waals surface area contributed by atoms with Crippen LogP contribution in [0.3, 0.4) is 0 Å². The topological polar surface area (TPSA) is 66.1 Å². The van der Waals surface area contributed by atoms with Crippen molar-refractivity contribution in [3.05, 3.63) is 53.0 Å². The van der Waals surface area contributed by atoms with E-state index in [0.717, 1.165) is 55.9 Å². The number of benzene rings is 2. The van der Waals surface area contributed by atoms with Gasteiger partial charge in [-0.25, -0.2) is 4.79 Å². The molecule has 1 saturated heterocycles. The molecule has 1 atom stereocenters. The lowest BCUT2D eigenvalue weighted by molar-refractivity contribution is 0.0469. The van der Waals surface area contributed by atoms with Crippen molar-refractivity contribution in [3.8, 4) is 17.2 Å². The van der Waals surface area contributed by atoms with Crippen LogP contribution in [0.4, 0.5) is 0 Å². The number of piperidine rings is 1. The Bertz CT molecular complexity index is 1100. The van der Waals surface area contributed by atoms with Gasteiger partial charge in [-0.3, -0.25) is 9.47 Å². The second-order valence-electron chi connectivity index (χ2n) is 8.38. The number of methoxy groups -OCH3 is 1. The molecule has 2 aromatic carbocycles. The summed E-state index contributed by atoms with van der Waals surface area (Å²) < 4.78 is 24.3. The molecular formula is C24H28N2O5. The number of nitrogens with zero attached hydrogens (tertiary/aromatic N) is 2. The number of oxazole rings is 1. The summed E-state index contributed by atoms with van der Waals surface area (Å²) in [6.07, 6.45) is 3.30. The van der Waals surface area contributed by atoms with Gasteiger partial charge in [0, 0.05) is 19.2 Å². The Morgan fingerprint density at radius 2 is 1.90 bits per heavy atom. The summed E-state index contributed by atoms with van der Waals surface area (Å²) in [5.74, 6) is 2.67. The average molecular weight is 424 g/mol. The zero-order chi connectivity index (χ0) is 21.2. The van der Waals surface area contributed by atoms with Crippen molar-refractivity contribution < 1.29 is 18.6 Å². The maximum absolute atomic E-state index is 12.3. The number of aromatic nitrogens is 1. The van der Waals surface area contributed by atoms with Crippen LogP contribution < -0.4 is 20.0 Å². The third-order valence-electron chi connectivity index (χ3n) is 6.37. The highest BCUT2D eigenvalue weighted by molar-refractivity contribution is 5.74. The molecule has 3 heterocycles. The Morgan fingerprint density at radius 1 is 1.10 bits per heavy atom. The highest BCUT2D eigenvalue weighted by atomic mass is 16.6. The maximum atomic E-state index is 12.3. The smallest absolute Gasteiger partial charge is 0.419 e. The largest absolute Gasteiger partial charge is 0.497 e. The van der Waals surface area contributed by atoms with Crippen molar-refractivity contribution in [3.63, 3.8) is 0 Å². The van der Waals surface area contributed by atoms with Crippen LogP contribution >= 0.6 is 0 Å². The molecule has 0 amide bonds. The minimum atomic E-state index is -0.296. The molecule has 7 nitrogen and oxygen atoms in total. The van der Waals surface area contributed by atoms with E-state index in [0.29, 0.717) is 30.4 Å². The van der Waals surface area contributed by atoms with Crippen molar-refractivity contribution in [2.45, 2.75) is 31.9 Å². The molecule has 0 spiro atoms. The molecule has 0 saturated carbocycles. The van der Waals surface area contributed by atoms with Crippen LogP contribution in [-0.4, -0.2) is 48.9 Å². The van der Waals surface area contributed by atoms with Crippen LogP contribution in [-0.2, 0) is 6.54 Å². The molecular weight excluding hydrogens is 396 g/mol. The Morgan fingerprint density at radius 3 is 2.71 bits per heavy atom. The third-order valence-corrected chi connectivity index (χ3v) is 6.37. The SMILES string of the molecule is COc1ccc2c(c1)oc(=O)n2CCC1CCN(CC2COc3ccccc3O2)CC1. The van der Waals surface area contributed by atoms with Crippen molar-refractivity contribution in [2.75, 3.05) is 33.4 Å². The lowest BCUT2D eigenvalue weighted by Gasteiger charge is -2.35. The van der Waals surface area contributed by atoms with E-state index in [2.05, 4.69) is 4.90 Å². The lowest BCUT2D eigenvalue weighted by atomic mass is 9.93. The normalized spacial score (nSPS) is 19.6. The Labute approximate surface area is 181 Å². The van der Waals surface area contributed by atoms with E-state index in [-0.39, 0.29) is 11.9 Å². The number of hydrogen-bond donors (Lipinski definition) is 0. The van der Waals surface area contributed by atoms with Crippen molar-refractivity contribution in [1.29, 1.82) is 0 Å². The second kappa shape index (κ2) is 8.67. The van der Waals surface area contributed by atoms with Crippen LogP contribution in [0, 0.1) is 5.92 Å². The quantitative estimate of drug-likeness (QED) is 0.603. The van der Waals surface area contributed by atoms with Gasteiger partial charge in [0.05, 0.1) is 12.6 Å². The molecule has 31 heavy (non-hydrogen) atoms. The molecule has 1 fully saturated rings. The van der Waals surface area contributed by atoms with Crippen molar-refractivity contribution in [2.24, 2.45) is 5.92 Å². The molecule has 0 radical (unpaired) electrons. The fourth-order valence-electron chi connectivity index (χ4n) is 4.60. The first-order valence-corrected chi connectivity index (χ1v) is 11.0. The van der Waals surface area contributed by atoms with Gasteiger partial charge in [-0.2, -0.15) is 0 Å². The average Bonchev–Trinajstić information content (AvgIpc) is 3.12. The Kier molecular flexibility index (Phi) is 5.59. The number of hydrogen-bond acceptors (Lipinski definition) is 6. The van der Waals surface area contributed by atoms with E-state index in [1.165, 1.54) is 0 Å². The molecule has 7 heteroatoms. The predicted octanol–water partition coefficient (Wildman–Crippen LogP) is 3.55. The van der Waals surface area contributed by atoms with E-state index in [1.54, 1.807) is 17.7 Å². The first kappa shape index (κ1) is 20.0. The van der Waals surface area contributed by atoms with Gasteiger partial charge in [0.25, 0.3) is 0 Å². The van der Waals surface area contributed by atoms with E-state index in [4.69, 9.17) is 18.6 Å². The van der Waals surface area contributed by atoms with Crippen LogP contribution in [0.1, 0.15) is 19.3 Å². The van der Waals surface area contributed by atoms with Crippen LogP contribution in [0.25, 0.3) is 11.1 Å². The van der Waals surface area contributed by atoms with Crippen molar-refractivity contribution in [1.82, 2.24) is 9.47 Å². The van der Waals surface area contributed by atoms with Gasteiger partial charge in [0.2, 0.25) is 0 Å². The van der Waals surface area contributed by atoms with Crippen LogP contribution in [0.15, 0.2) is 51.7 Å². The minimum absolute atomic E-state index is 0.0688. The maximum Gasteiger partial charge on any atom is 0.419 e. The number of para-hydroxylation sites is 2. The summed E-state index contributed by atoms with van der Waals surface area (Å²) in [5.41, 5.74) is 1.41. The summed E-state index contributed by atoms with van der Waals surface area (Å²) in [6, 6.07) is 13.4. The highest BCUT2D eigenvalue weighted by Gasteiger charge is 2.26. The highest BCUT2D eigenvalue weighted by Crippen LogP contribution is 2.31. The van der Waals surface area contributed by atoms with Gasteiger partial charge >= 0.3 is 5.76 Å². The summed E-state index contributed by atoms with van der Waals surface area (Å²) in [5, 5.41) is 0. The number of likely N-dealkylation sites (tertiary alicyclic amines) is 1. The molecule has 1 aromatic heterocycles. The standard InChI is InChI=1S/C24H28N2O5/c1-28-18-6-7-20-23(14-18)31-24(27)26(20)13-10-17-8-11-25(12-9-17)15-19-16-29-21-4-2-3-5-22(21)30-19/h2-7,14,17,19H,8-13,15-16H2,1H3. The zero-order valence-electron chi connectivity index (χ0n) is 17.8. The van der Waals surface area contributed by atoms with Gasteiger partial charge < -0.3 is 18.6 Å². The number of fused-ring (bicyclic) bond motifs is 2. The van der Waals surface area contributed by atoms with Crippen LogP contribution in [0.2, 0.25) is 0 Å². The molecule has 1 unspecified atom stereocenters. The number of rotatable bonds is 6. The molecule has 0 aliphatic carbocycles. The number of ether oxygens (including phenoxy) is 3. The third kappa shape index (κ3) is 4.28. The molecule has 164 valence electrons. The molecule has 0 bridgehead atoms.